The number of nitrogens with zero attached hydrogens (tertiary/aromatic N) is 3. The van der Waals surface area contributed by atoms with Gasteiger partial charge in [0.15, 0.2) is 0 Å². The average molecular weight is 382 g/mol. The van der Waals surface area contributed by atoms with E-state index in [9.17, 15) is 0 Å². The van der Waals surface area contributed by atoms with Crippen LogP contribution in [0.15, 0.2) is 9.98 Å². The van der Waals surface area contributed by atoms with E-state index in [4.69, 9.17) is 9.98 Å². The quantitative estimate of drug-likeness (QED) is 0.274. The lowest BCUT2D eigenvalue weighted by molar-refractivity contribution is 0.575. The van der Waals surface area contributed by atoms with E-state index >= 15 is 0 Å². The standard InChI is InChI=1S/C20H43N3Si2/c1-10-19(21-17(2)3)20(22-18(4)5)13-11-12-14-23-24(6,7)15-16-25(23,8)9/h17-18H,10-16H2,1-9H3. The van der Waals surface area contributed by atoms with Crippen LogP contribution in [0, 0.1) is 0 Å². The van der Waals surface area contributed by atoms with Gasteiger partial charge in [0.2, 0.25) is 0 Å². The van der Waals surface area contributed by atoms with Crippen LogP contribution in [0.5, 0.6) is 0 Å². The molecule has 5 heteroatoms. The molecule has 146 valence electrons. The van der Waals surface area contributed by atoms with Crippen molar-refractivity contribution in [1.82, 2.24) is 4.23 Å². The van der Waals surface area contributed by atoms with Crippen LogP contribution in [0.1, 0.15) is 60.3 Å². The van der Waals surface area contributed by atoms with Gasteiger partial charge in [-0.2, -0.15) is 0 Å². The van der Waals surface area contributed by atoms with Crippen molar-refractivity contribution in [3.8, 4) is 0 Å². The molecule has 0 bridgehead atoms. The number of hydrogen-bond donors (Lipinski definition) is 0. The molecule has 1 saturated heterocycles. The maximum absolute atomic E-state index is 4.92. The highest BCUT2D eigenvalue weighted by atomic mass is 28.4. The predicted octanol–water partition coefficient (Wildman–Crippen LogP) is 5.99. The Bertz CT molecular complexity index is 463. The van der Waals surface area contributed by atoms with Crippen molar-refractivity contribution in [3.05, 3.63) is 0 Å². The monoisotopic (exact) mass is 381 g/mol. The smallest absolute Gasteiger partial charge is 0.115 e. The molecule has 0 unspecified atom stereocenters. The summed E-state index contributed by atoms with van der Waals surface area (Å²) in [6.07, 6.45) is 4.64. The highest BCUT2D eigenvalue weighted by Crippen LogP contribution is 2.36. The maximum Gasteiger partial charge on any atom is 0.115 e. The van der Waals surface area contributed by atoms with Crippen LogP contribution in [-0.2, 0) is 0 Å². The Labute approximate surface area is 159 Å². The highest BCUT2D eigenvalue weighted by Gasteiger charge is 2.46. The summed E-state index contributed by atoms with van der Waals surface area (Å²) in [5.74, 6) is 0. The van der Waals surface area contributed by atoms with E-state index in [1.807, 2.05) is 0 Å². The third-order valence-electron chi connectivity index (χ3n) is 5.35. The molecule has 1 aliphatic rings. The van der Waals surface area contributed by atoms with Crippen molar-refractivity contribution in [2.75, 3.05) is 6.54 Å². The first-order valence-corrected chi connectivity index (χ1v) is 16.7. The molecule has 0 amide bonds. The summed E-state index contributed by atoms with van der Waals surface area (Å²) in [4.78, 5) is 9.76. The zero-order valence-electron chi connectivity index (χ0n) is 18.4. The van der Waals surface area contributed by atoms with E-state index in [0.29, 0.717) is 12.1 Å². The van der Waals surface area contributed by atoms with Gasteiger partial charge in [0.1, 0.15) is 16.5 Å². The van der Waals surface area contributed by atoms with Crippen molar-refractivity contribution >= 4 is 27.9 Å². The van der Waals surface area contributed by atoms with Gasteiger partial charge in [0, 0.05) is 12.1 Å². The lowest BCUT2D eigenvalue weighted by atomic mass is 10.1. The highest BCUT2D eigenvalue weighted by molar-refractivity contribution is 6.95. The molecule has 0 atom stereocenters. The molecule has 1 heterocycles. The van der Waals surface area contributed by atoms with Crippen molar-refractivity contribution in [3.63, 3.8) is 0 Å². The Morgan fingerprint density at radius 2 is 1.32 bits per heavy atom. The minimum Gasteiger partial charge on any atom is -0.345 e. The average Bonchev–Trinajstić information content (AvgIpc) is 2.69. The first-order valence-electron chi connectivity index (χ1n) is 10.4. The number of aliphatic imine (C=N–C) groups is 2. The normalized spacial score (nSPS) is 21.6. The number of hydrogen-bond acceptors (Lipinski definition) is 3. The topological polar surface area (TPSA) is 28.0 Å². The number of unbranched alkanes of at least 4 members (excludes halogenated alkanes) is 1. The van der Waals surface area contributed by atoms with Crippen LogP contribution in [-0.4, -0.2) is 50.8 Å². The summed E-state index contributed by atoms with van der Waals surface area (Å²) < 4.78 is 3.00. The molecule has 0 N–H and O–H groups in total. The van der Waals surface area contributed by atoms with E-state index in [0.717, 1.165) is 12.8 Å². The van der Waals surface area contributed by atoms with Gasteiger partial charge in [-0.05, 0) is 72.0 Å². The molecule has 0 aliphatic carbocycles. The van der Waals surface area contributed by atoms with Crippen LogP contribution in [0.25, 0.3) is 0 Å². The van der Waals surface area contributed by atoms with Crippen molar-refractivity contribution in [2.24, 2.45) is 9.98 Å². The molecule has 3 nitrogen and oxygen atoms in total. The van der Waals surface area contributed by atoms with Crippen LogP contribution < -0.4 is 0 Å². The van der Waals surface area contributed by atoms with Gasteiger partial charge in [0.25, 0.3) is 0 Å². The fourth-order valence-corrected chi connectivity index (χ4v) is 18.3. The van der Waals surface area contributed by atoms with Crippen molar-refractivity contribution in [2.45, 2.75) is 111 Å². The molecule has 0 saturated carbocycles. The molecule has 1 aliphatic heterocycles. The number of rotatable bonds is 9. The molecule has 0 spiro atoms. The Balaban J connectivity index is 2.67. The summed E-state index contributed by atoms with van der Waals surface area (Å²) in [6.45, 7) is 22.5. The lowest BCUT2D eigenvalue weighted by Crippen LogP contribution is -2.55. The van der Waals surface area contributed by atoms with E-state index < -0.39 is 16.5 Å². The summed E-state index contributed by atoms with van der Waals surface area (Å²) in [6, 6.07) is 3.73. The second kappa shape index (κ2) is 9.61. The third-order valence-corrected chi connectivity index (χ3v) is 15.8. The summed E-state index contributed by atoms with van der Waals surface area (Å²) in [7, 11) is -2.24. The van der Waals surface area contributed by atoms with Gasteiger partial charge in [-0.3, -0.25) is 9.98 Å². The molecule has 1 fully saturated rings. The van der Waals surface area contributed by atoms with E-state index in [-0.39, 0.29) is 0 Å². The van der Waals surface area contributed by atoms with E-state index in [2.05, 4.69) is 65.0 Å². The van der Waals surface area contributed by atoms with Crippen LogP contribution in [0.4, 0.5) is 0 Å². The Kier molecular flexibility index (Phi) is 8.75. The molecule has 0 aromatic heterocycles. The Hall–Kier alpha value is -0.266. The molecule has 25 heavy (non-hydrogen) atoms. The van der Waals surface area contributed by atoms with Gasteiger partial charge in [-0.25, -0.2) is 0 Å². The van der Waals surface area contributed by atoms with Crippen LogP contribution >= 0.6 is 0 Å². The first-order chi connectivity index (χ1) is 11.5. The molecule has 0 radical (unpaired) electrons. The molecule has 1 rings (SSSR count). The summed E-state index contributed by atoms with van der Waals surface area (Å²) in [5.41, 5.74) is 2.50. The van der Waals surface area contributed by atoms with Crippen molar-refractivity contribution < 1.29 is 0 Å². The minimum absolute atomic E-state index is 0.357. The molecular formula is C20H43N3Si2. The molecule has 0 aromatic rings. The molecular weight excluding hydrogens is 338 g/mol. The largest absolute Gasteiger partial charge is 0.345 e. The minimum atomic E-state index is -1.12. The van der Waals surface area contributed by atoms with Gasteiger partial charge < -0.3 is 4.23 Å². The Morgan fingerprint density at radius 3 is 1.76 bits per heavy atom. The van der Waals surface area contributed by atoms with Gasteiger partial charge in [-0.1, -0.05) is 33.1 Å². The lowest BCUT2D eigenvalue weighted by Gasteiger charge is -2.39. The second-order valence-corrected chi connectivity index (χ2v) is 19.2. The van der Waals surface area contributed by atoms with Crippen molar-refractivity contribution in [1.29, 1.82) is 0 Å². The van der Waals surface area contributed by atoms with Crippen LogP contribution in [0.2, 0.25) is 38.3 Å². The third kappa shape index (κ3) is 7.10. The Morgan fingerprint density at radius 1 is 0.840 bits per heavy atom. The summed E-state index contributed by atoms with van der Waals surface area (Å²) in [5, 5.41) is 0. The fraction of sp³-hybridized carbons (Fsp3) is 0.900. The molecule has 0 aromatic carbocycles. The van der Waals surface area contributed by atoms with Gasteiger partial charge >= 0.3 is 0 Å². The van der Waals surface area contributed by atoms with Gasteiger partial charge in [0.05, 0.1) is 11.4 Å². The first kappa shape index (κ1) is 22.8. The predicted molar refractivity (Wildman–Crippen MR) is 121 cm³/mol. The van der Waals surface area contributed by atoms with E-state index in [1.54, 1.807) is 0 Å². The van der Waals surface area contributed by atoms with Gasteiger partial charge in [-0.15, -0.1) is 0 Å². The SMILES string of the molecule is CCC(=NC(C)C)C(CCCCN1[Si](C)(C)CC[Si]1(C)C)=NC(C)C. The zero-order valence-corrected chi connectivity index (χ0v) is 20.4. The fourth-order valence-electron chi connectivity index (χ4n) is 4.15. The maximum atomic E-state index is 4.92. The van der Waals surface area contributed by atoms with E-state index in [1.165, 1.54) is 42.9 Å². The van der Waals surface area contributed by atoms with Crippen LogP contribution in [0.3, 0.4) is 0 Å². The zero-order chi connectivity index (χ0) is 19.3. The second-order valence-electron chi connectivity index (χ2n) is 9.43. The summed E-state index contributed by atoms with van der Waals surface area (Å²) >= 11 is 0.